The van der Waals surface area contributed by atoms with Crippen LogP contribution in [0.3, 0.4) is 0 Å². The van der Waals surface area contributed by atoms with Crippen molar-refractivity contribution < 1.29 is 14.3 Å². The quantitative estimate of drug-likeness (QED) is 0.743. The molecular formula is C12H25ClN2O3. The summed E-state index contributed by atoms with van der Waals surface area (Å²) in [5.74, 6) is -0.426. The van der Waals surface area contributed by atoms with Gasteiger partial charge in [0, 0.05) is 0 Å². The number of hydrogen-bond donors (Lipinski definition) is 2. The summed E-state index contributed by atoms with van der Waals surface area (Å²) in [5, 5.41) is 2.47. The molecule has 0 heterocycles. The number of nitrogens with one attached hydrogen (secondary N) is 1. The third kappa shape index (κ3) is 10.4. The van der Waals surface area contributed by atoms with Crippen LogP contribution in [0.2, 0.25) is 0 Å². The summed E-state index contributed by atoms with van der Waals surface area (Å²) in [6.07, 6.45) is 0.597. The summed E-state index contributed by atoms with van der Waals surface area (Å²) in [7, 11) is 0. The number of esters is 1. The number of hydrogen-bond acceptors (Lipinski definition) is 4. The van der Waals surface area contributed by atoms with E-state index in [0.717, 1.165) is 0 Å². The van der Waals surface area contributed by atoms with Gasteiger partial charge in [0.25, 0.3) is 0 Å². The van der Waals surface area contributed by atoms with Crippen molar-refractivity contribution in [2.45, 2.75) is 52.7 Å². The lowest BCUT2D eigenvalue weighted by molar-refractivity contribution is -0.154. The number of rotatable bonds is 5. The second-order valence-electron chi connectivity index (χ2n) is 5.54. The minimum Gasteiger partial charge on any atom is -0.459 e. The lowest BCUT2D eigenvalue weighted by atomic mass is 10.0. The van der Waals surface area contributed by atoms with E-state index in [1.807, 2.05) is 13.8 Å². The first kappa shape index (κ1) is 19.5. The molecule has 0 aliphatic rings. The van der Waals surface area contributed by atoms with Gasteiger partial charge in [0.1, 0.15) is 12.1 Å². The van der Waals surface area contributed by atoms with Crippen LogP contribution < -0.4 is 11.1 Å². The van der Waals surface area contributed by atoms with Crippen molar-refractivity contribution in [1.82, 2.24) is 5.32 Å². The van der Waals surface area contributed by atoms with Crippen LogP contribution in [-0.4, -0.2) is 30.1 Å². The Hall–Kier alpha value is -0.810. The fourth-order valence-corrected chi connectivity index (χ4v) is 1.28. The van der Waals surface area contributed by atoms with Gasteiger partial charge in [-0.05, 0) is 33.1 Å². The van der Waals surface area contributed by atoms with Crippen molar-refractivity contribution in [3.63, 3.8) is 0 Å². The number of carbonyl (C=O) groups excluding carboxylic acids is 2. The van der Waals surface area contributed by atoms with Gasteiger partial charge in [0.15, 0.2) is 0 Å². The van der Waals surface area contributed by atoms with E-state index in [2.05, 4.69) is 5.32 Å². The summed E-state index contributed by atoms with van der Waals surface area (Å²) in [6.45, 7) is 9.16. The molecule has 0 aliphatic heterocycles. The van der Waals surface area contributed by atoms with E-state index in [-0.39, 0.29) is 24.9 Å². The molecule has 6 heteroatoms. The molecule has 0 radical (unpaired) electrons. The first-order chi connectivity index (χ1) is 7.61. The lowest BCUT2D eigenvalue weighted by Gasteiger charge is -2.20. The molecule has 5 nitrogen and oxygen atoms in total. The molecule has 0 fully saturated rings. The zero-order chi connectivity index (χ0) is 13.6. The molecule has 0 bridgehead atoms. The average molecular weight is 281 g/mol. The first-order valence-corrected chi connectivity index (χ1v) is 5.87. The number of ether oxygens (including phenoxy) is 1. The monoisotopic (exact) mass is 280 g/mol. The molecule has 0 aromatic heterocycles. The molecule has 1 atom stereocenters. The summed E-state index contributed by atoms with van der Waals surface area (Å²) in [4.78, 5) is 22.8. The standard InChI is InChI=1S/C12H24N2O3.ClH/c1-8(2)6-9(13)11(16)14-7-10(15)17-12(3,4)5;/h8-9H,6-7,13H2,1-5H3,(H,14,16);1H/t9-;/m0./s1. The van der Waals surface area contributed by atoms with Crippen molar-refractivity contribution in [3.8, 4) is 0 Å². The zero-order valence-corrected chi connectivity index (χ0v) is 12.6. The maximum atomic E-state index is 11.5. The number of nitrogens with two attached hydrogens (primary N) is 1. The molecule has 0 spiro atoms. The Morgan fingerprint density at radius 2 is 1.78 bits per heavy atom. The summed E-state index contributed by atoms with van der Waals surface area (Å²) < 4.78 is 5.05. The smallest absolute Gasteiger partial charge is 0.325 e. The van der Waals surface area contributed by atoms with Crippen LogP contribution in [-0.2, 0) is 14.3 Å². The van der Waals surface area contributed by atoms with Crippen LogP contribution in [0, 0.1) is 5.92 Å². The van der Waals surface area contributed by atoms with Crippen LogP contribution in [0.15, 0.2) is 0 Å². The van der Waals surface area contributed by atoms with E-state index in [1.54, 1.807) is 20.8 Å². The Morgan fingerprint density at radius 1 is 1.28 bits per heavy atom. The molecule has 0 aromatic rings. The minimum absolute atomic E-state index is 0. The molecule has 0 rings (SSSR count). The third-order valence-electron chi connectivity index (χ3n) is 1.89. The van der Waals surface area contributed by atoms with Crippen LogP contribution in [0.4, 0.5) is 0 Å². The van der Waals surface area contributed by atoms with Gasteiger partial charge in [-0.15, -0.1) is 12.4 Å². The molecule has 3 N–H and O–H groups in total. The third-order valence-corrected chi connectivity index (χ3v) is 1.89. The predicted octanol–water partition coefficient (Wildman–Crippen LogP) is 1.24. The minimum atomic E-state index is -0.572. The summed E-state index contributed by atoms with van der Waals surface area (Å²) in [5.41, 5.74) is 5.13. The fraction of sp³-hybridized carbons (Fsp3) is 0.833. The molecule has 108 valence electrons. The Labute approximate surface area is 115 Å². The van der Waals surface area contributed by atoms with Gasteiger partial charge in [0.05, 0.1) is 6.04 Å². The van der Waals surface area contributed by atoms with E-state index in [0.29, 0.717) is 12.3 Å². The molecular weight excluding hydrogens is 256 g/mol. The number of halogens is 1. The van der Waals surface area contributed by atoms with E-state index >= 15 is 0 Å². The fourth-order valence-electron chi connectivity index (χ4n) is 1.28. The normalized spacial score (nSPS) is 12.6. The highest BCUT2D eigenvalue weighted by Gasteiger charge is 2.19. The first-order valence-electron chi connectivity index (χ1n) is 5.87. The molecule has 0 saturated carbocycles. The SMILES string of the molecule is CC(C)C[C@H](N)C(=O)NCC(=O)OC(C)(C)C.Cl. The average Bonchev–Trinajstić information content (AvgIpc) is 2.10. The highest BCUT2D eigenvalue weighted by molar-refractivity contribution is 5.85. The van der Waals surface area contributed by atoms with E-state index in [4.69, 9.17) is 10.5 Å². The molecule has 18 heavy (non-hydrogen) atoms. The van der Waals surface area contributed by atoms with Crippen molar-refractivity contribution >= 4 is 24.3 Å². The topological polar surface area (TPSA) is 81.4 Å². The molecule has 0 aromatic carbocycles. The largest absolute Gasteiger partial charge is 0.459 e. The Kier molecular flexibility index (Phi) is 9.03. The van der Waals surface area contributed by atoms with E-state index in [9.17, 15) is 9.59 Å². The van der Waals surface area contributed by atoms with Crippen molar-refractivity contribution in [2.75, 3.05) is 6.54 Å². The van der Waals surface area contributed by atoms with E-state index in [1.165, 1.54) is 0 Å². The zero-order valence-electron chi connectivity index (χ0n) is 11.8. The van der Waals surface area contributed by atoms with Gasteiger partial charge in [-0.3, -0.25) is 9.59 Å². The Balaban J connectivity index is 0. The maximum absolute atomic E-state index is 11.5. The number of amides is 1. The van der Waals surface area contributed by atoms with Gasteiger partial charge in [0.2, 0.25) is 5.91 Å². The highest BCUT2D eigenvalue weighted by Crippen LogP contribution is 2.06. The second kappa shape index (κ2) is 8.32. The van der Waals surface area contributed by atoms with Gasteiger partial charge < -0.3 is 15.8 Å². The van der Waals surface area contributed by atoms with Crippen molar-refractivity contribution in [3.05, 3.63) is 0 Å². The Morgan fingerprint density at radius 3 is 2.17 bits per heavy atom. The highest BCUT2D eigenvalue weighted by atomic mass is 35.5. The predicted molar refractivity (Wildman–Crippen MR) is 73.5 cm³/mol. The summed E-state index contributed by atoms with van der Waals surface area (Å²) >= 11 is 0. The Bertz CT molecular complexity index is 275. The second-order valence-corrected chi connectivity index (χ2v) is 5.54. The van der Waals surface area contributed by atoms with Crippen LogP contribution in [0.25, 0.3) is 0 Å². The number of carbonyl (C=O) groups is 2. The molecule has 0 aliphatic carbocycles. The molecule has 0 saturated heterocycles. The van der Waals surface area contributed by atoms with Crippen molar-refractivity contribution in [1.29, 1.82) is 0 Å². The van der Waals surface area contributed by atoms with Gasteiger partial charge in [-0.2, -0.15) is 0 Å². The van der Waals surface area contributed by atoms with Crippen LogP contribution in [0.1, 0.15) is 41.0 Å². The molecule has 0 unspecified atom stereocenters. The van der Waals surface area contributed by atoms with Crippen LogP contribution in [0.5, 0.6) is 0 Å². The van der Waals surface area contributed by atoms with Gasteiger partial charge in [-0.1, -0.05) is 13.8 Å². The van der Waals surface area contributed by atoms with E-state index < -0.39 is 17.6 Å². The maximum Gasteiger partial charge on any atom is 0.325 e. The van der Waals surface area contributed by atoms with Gasteiger partial charge >= 0.3 is 5.97 Å². The van der Waals surface area contributed by atoms with Crippen LogP contribution >= 0.6 is 12.4 Å². The molecule has 1 amide bonds. The van der Waals surface area contributed by atoms with Crippen molar-refractivity contribution in [2.24, 2.45) is 11.7 Å². The summed E-state index contributed by atoms with van der Waals surface area (Å²) in [6, 6.07) is -0.572. The lowest BCUT2D eigenvalue weighted by Crippen LogP contribution is -2.44. The van der Waals surface area contributed by atoms with Gasteiger partial charge in [-0.25, -0.2) is 0 Å².